The second-order valence-electron chi connectivity index (χ2n) is 25.1. The molecular formula is C66H76F4N14O5. The van der Waals surface area contributed by atoms with Gasteiger partial charge in [0.15, 0.2) is 11.3 Å². The largest absolute Gasteiger partial charge is 0.444 e. The van der Waals surface area contributed by atoms with Gasteiger partial charge in [0, 0.05) is 61.5 Å². The van der Waals surface area contributed by atoms with Gasteiger partial charge in [0.2, 0.25) is 5.91 Å². The molecule has 2 saturated heterocycles. The normalized spacial score (nSPS) is 17.3. The van der Waals surface area contributed by atoms with E-state index in [9.17, 15) is 23.6 Å². The fourth-order valence-corrected chi connectivity index (χ4v) is 11.5. The van der Waals surface area contributed by atoms with Crippen molar-refractivity contribution in [2.45, 2.75) is 157 Å². The number of benzene rings is 2. The molecule has 0 N–H and O–H groups in total. The number of rotatable bonds is 11. The molecule has 468 valence electrons. The van der Waals surface area contributed by atoms with Crippen molar-refractivity contribution in [1.82, 2.24) is 58.8 Å². The highest BCUT2D eigenvalue weighted by molar-refractivity contribution is 5.93. The maximum atomic E-state index is 16.0. The molecule has 23 heteroatoms. The summed E-state index contributed by atoms with van der Waals surface area (Å²) in [7, 11) is 0. The molecule has 0 radical (unpaired) electrons. The van der Waals surface area contributed by atoms with E-state index in [1.165, 1.54) is 76.4 Å². The van der Waals surface area contributed by atoms with Crippen molar-refractivity contribution in [3.63, 3.8) is 0 Å². The van der Waals surface area contributed by atoms with Crippen LogP contribution in [0, 0.1) is 23.3 Å². The Labute approximate surface area is 514 Å². The molecule has 2 aromatic carbocycles. The highest BCUT2D eigenvalue weighted by atomic mass is 19.1. The summed E-state index contributed by atoms with van der Waals surface area (Å²) in [6, 6.07) is 13.0. The average molecular weight is 1220 g/mol. The van der Waals surface area contributed by atoms with Gasteiger partial charge in [0.25, 0.3) is 0 Å². The number of amides is 2. The van der Waals surface area contributed by atoms with E-state index in [1.54, 1.807) is 21.9 Å². The summed E-state index contributed by atoms with van der Waals surface area (Å²) < 4.78 is 70.2. The van der Waals surface area contributed by atoms with Crippen LogP contribution < -0.4 is 21.2 Å². The smallest absolute Gasteiger partial charge is 0.410 e. The molecule has 19 nitrogen and oxygen atoms in total. The van der Waals surface area contributed by atoms with E-state index in [-0.39, 0.29) is 117 Å². The van der Waals surface area contributed by atoms with Crippen LogP contribution in [0.15, 0.2) is 95.6 Å². The number of hydrogen-bond acceptors (Lipinski definition) is 15. The standard InChI is InChI=1S/C34H41F2N7O3.C32H35F2N7O2/c1-18(2)26-29(27(19(3)4)38-17-37-26)43-31-23(14-25(36)28(39-31)22-12-10-11-13-24(22)35)30(40-32(43)44)41-15-21(6)42(16-20(41)5)33(45)46-34(7,8)9;1-8-25(42)39-14-20(7)40(15-19(39)6)30-22-13-24(34)28(21-11-9-10-12-23(21)33)37-31(22)41(32(43)38-30)29-26(17(2)3)35-16-36-27(29)18(4)5/h10-14,17-21H,15-16H2,1-9H3;8-13,16-20H,1,14-15H2,2-7H3/t20-,21+;19-,20+/m01/s1. The van der Waals surface area contributed by atoms with Crippen LogP contribution in [0.25, 0.3) is 56.0 Å². The fraction of sp³-hybridized carbons (Fsp3) is 0.424. The summed E-state index contributed by atoms with van der Waals surface area (Å²) in [5.74, 6) is -2.96. The monoisotopic (exact) mass is 1220 g/mol. The Morgan fingerprint density at radius 2 is 0.899 bits per heavy atom. The van der Waals surface area contributed by atoms with Gasteiger partial charge in [-0.2, -0.15) is 9.97 Å². The molecule has 2 aliphatic rings. The van der Waals surface area contributed by atoms with Gasteiger partial charge >= 0.3 is 17.5 Å². The highest BCUT2D eigenvalue weighted by Gasteiger charge is 2.38. The molecule has 8 heterocycles. The molecular weight excluding hydrogens is 1140 g/mol. The molecule has 89 heavy (non-hydrogen) atoms. The van der Waals surface area contributed by atoms with E-state index in [0.29, 0.717) is 53.8 Å². The third-order valence-corrected chi connectivity index (χ3v) is 15.9. The minimum absolute atomic E-state index is 0.0321. The Bertz CT molecular complexity index is 4110. The summed E-state index contributed by atoms with van der Waals surface area (Å²) in [6.45, 7) is 33.5. The number of halogens is 4. The summed E-state index contributed by atoms with van der Waals surface area (Å²) in [6.07, 6.45) is 3.77. The van der Waals surface area contributed by atoms with E-state index >= 15 is 13.2 Å². The van der Waals surface area contributed by atoms with Gasteiger partial charge in [0.05, 0.1) is 44.9 Å². The molecule has 0 spiro atoms. The third-order valence-electron chi connectivity index (χ3n) is 15.9. The molecule has 10 rings (SSSR count). The van der Waals surface area contributed by atoms with Crippen LogP contribution in [0.3, 0.4) is 0 Å². The quantitative estimate of drug-likeness (QED) is 0.0873. The minimum Gasteiger partial charge on any atom is -0.444 e. The third kappa shape index (κ3) is 12.7. The van der Waals surface area contributed by atoms with Crippen LogP contribution >= 0.6 is 0 Å². The van der Waals surface area contributed by atoms with Crippen LogP contribution in [0.4, 0.5) is 34.0 Å². The molecule has 0 aliphatic carbocycles. The van der Waals surface area contributed by atoms with E-state index < -0.39 is 46.3 Å². The second-order valence-corrected chi connectivity index (χ2v) is 25.1. The van der Waals surface area contributed by atoms with Crippen molar-refractivity contribution in [1.29, 1.82) is 0 Å². The first kappa shape index (κ1) is 64.5. The number of aromatic nitrogens is 10. The lowest BCUT2D eigenvalue weighted by atomic mass is 10.0. The lowest BCUT2D eigenvalue weighted by Crippen LogP contribution is -2.59. The fourth-order valence-electron chi connectivity index (χ4n) is 11.5. The second kappa shape index (κ2) is 25.6. The Morgan fingerprint density at radius 3 is 1.25 bits per heavy atom. The van der Waals surface area contributed by atoms with Gasteiger partial charge < -0.3 is 24.3 Å². The maximum absolute atomic E-state index is 16.0. The predicted molar refractivity (Wildman–Crippen MR) is 336 cm³/mol. The van der Waals surface area contributed by atoms with Crippen molar-refractivity contribution < 1.29 is 31.9 Å². The average Bonchev–Trinajstić information content (AvgIpc) is 0.791. The zero-order valence-corrected chi connectivity index (χ0v) is 53.0. The Morgan fingerprint density at radius 1 is 0.539 bits per heavy atom. The molecule has 2 fully saturated rings. The van der Waals surface area contributed by atoms with Crippen LogP contribution in [0.5, 0.6) is 0 Å². The van der Waals surface area contributed by atoms with E-state index in [2.05, 4.69) is 46.5 Å². The SMILES string of the molecule is C=CC(=O)N1C[C@H](C)N(c2nc(=O)n(-c3c(C(C)C)ncnc3C(C)C)c3nc(-c4ccccc4F)c(F)cc23)C[C@H]1C.CC(C)c1ncnc(C(C)C)c1-n1c(=O)nc(N2C[C@@H](C)N(C(=O)OC(C)(C)C)C[C@@H]2C)c2cc(F)c(-c3ccccc3F)nc21. The summed E-state index contributed by atoms with van der Waals surface area (Å²) in [4.78, 5) is 97.4. The van der Waals surface area contributed by atoms with Crippen LogP contribution in [-0.4, -0.2) is 127 Å². The number of piperazine rings is 2. The number of carbonyl (C=O) groups excluding carboxylic acids is 2. The van der Waals surface area contributed by atoms with Gasteiger partial charge in [-0.15, -0.1) is 0 Å². The first-order valence-corrected chi connectivity index (χ1v) is 30.0. The zero-order valence-electron chi connectivity index (χ0n) is 53.0. The van der Waals surface area contributed by atoms with Crippen LogP contribution in [0.2, 0.25) is 0 Å². The summed E-state index contributed by atoms with van der Waals surface area (Å²) in [5.41, 5.74) is 0.976. The molecule has 0 unspecified atom stereocenters. The van der Waals surface area contributed by atoms with Gasteiger partial charge in [-0.1, -0.05) is 86.2 Å². The predicted octanol–water partition coefficient (Wildman–Crippen LogP) is 12.0. The van der Waals surface area contributed by atoms with Crippen molar-refractivity contribution in [2.24, 2.45) is 0 Å². The Kier molecular flexibility index (Phi) is 18.5. The lowest BCUT2D eigenvalue weighted by molar-refractivity contribution is -0.128. The van der Waals surface area contributed by atoms with E-state index in [1.807, 2.05) is 114 Å². The maximum Gasteiger partial charge on any atom is 0.410 e. The minimum atomic E-state index is -0.767. The van der Waals surface area contributed by atoms with E-state index in [0.717, 1.165) is 0 Å². The molecule has 2 aliphatic heterocycles. The van der Waals surface area contributed by atoms with Crippen molar-refractivity contribution in [2.75, 3.05) is 36.0 Å². The Balaban J connectivity index is 0.000000212. The number of anilines is 2. The number of fused-ring (bicyclic) bond motifs is 2. The number of pyridine rings is 2. The first-order valence-electron chi connectivity index (χ1n) is 30.0. The first-order chi connectivity index (χ1) is 42.0. The number of carbonyl (C=O) groups is 2. The Hall–Kier alpha value is -9.02. The summed E-state index contributed by atoms with van der Waals surface area (Å²) in [5, 5.41) is 0.531. The highest BCUT2D eigenvalue weighted by Crippen LogP contribution is 2.38. The number of hydrogen-bond donors (Lipinski definition) is 0. The van der Waals surface area contributed by atoms with E-state index in [4.69, 9.17) is 4.74 Å². The van der Waals surface area contributed by atoms with Crippen molar-refractivity contribution >= 4 is 45.7 Å². The lowest BCUT2D eigenvalue weighted by Gasteiger charge is -2.44. The van der Waals surface area contributed by atoms with Gasteiger partial charge in [-0.3, -0.25) is 4.79 Å². The zero-order chi connectivity index (χ0) is 64.8. The topological polar surface area (TPSA) is 203 Å². The molecule has 0 bridgehead atoms. The van der Waals surface area contributed by atoms with Gasteiger partial charge in [-0.25, -0.2) is 71.0 Å². The molecule has 4 atom stereocenters. The summed E-state index contributed by atoms with van der Waals surface area (Å²) >= 11 is 0. The van der Waals surface area contributed by atoms with Crippen LogP contribution in [0.1, 0.15) is 150 Å². The number of nitrogens with zero attached hydrogens (tertiary/aromatic N) is 14. The molecule has 2 amide bonds. The van der Waals surface area contributed by atoms with Gasteiger partial charge in [-0.05, 0) is 115 Å². The molecule has 8 aromatic rings. The molecule has 0 saturated carbocycles. The molecule has 6 aromatic heterocycles. The van der Waals surface area contributed by atoms with Gasteiger partial charge in [0.1, 0.15) is 64.5 Å². The van der Waals surface area contributed by atoms with Crippen LogP contribution in [-0.2, 0) is 9.53 Å². The van der Waals surface area contributed by atoms with Crippen molar-refractivity contribution in [3.05, 3.63) is 153 Å². The van der Waals surface area contributed by atoms with Crippen molar-refractivity contribution in [3.8, 4) is 33.9 Å². The number of ether oxygens (including phenoxy) is 1.